The Bertz CT molecular complexity index is 1140. The van der Waals surface area contributed by atoms with Crippen molar-refractivity contribution >= 4 is 16.7 Å². The smallest absolute Gasteiger partial charge is 0.254 e. The van der Waals surface area contributed by atoms with E-state index in [-0.39, 0.29) is 11.7 Å². The van der Waals surface area contributed by atoms with E-state index < -0.39 is 0 Å². The molecular weight excluding hydrogens is 439 g/mol. The minimum atomic E-state index is -0.171. The number of ether oxygens (including phenoxy) is 1. The van der Waals surface area contributed by atoms with Gasteiger partial charge in [-0.3, -0.25) is 4.79 Å². The number of hydrogen-bond acceptors (Lipinski definition) is 3. The number of rotatable bonds is 7. The average molecular weight is 475 g/mol. The van der Waals surface area contributed by atoms with Crippen molar-refractivity contribution < 1.29 is 13.9 Å². The monoisotopic (exact) mass is 474 g/mol. The first kappa shape index (κ1) is 24.0. The summed E-state index contributed by atoms with van der Waals surface area (Å²) >= 11 is 0. The van der Waals surface area contributed by atoms with Crippen molar-refractivity contribution in [3.63, 3.8) is 0 Å². The normalized spacial score (nSPS) is 21.6. The number of likely N-dealkylation sites (tertiary alicyclic amines) is 2. The number of nitrogens with zero attached hydrogens (tertiary/aromatic N) is 2. The van der Waals surface area contributed by atoms with Crippen molar-refractivity contribution in [2.75, 3.05) is 45.9 Å². The zero-order valence-corrected chi connectivity index (χ0v) is 20.5. The maximum absolute atomic E-state index is 13.6. The Morgan fingerprint density at radius 3 is 2.43 bits per heavy atom. The number of piperidine rings is 1. The van der Waals surface area contributed by atoms with Crippen LogP contribution in [-0.4, -0.2) is 61.6 Å². The summed E-state index contributed by atoms with van der Waals surface area (Å²) in [4.78, 5) is 18.2. The predicted molar refractivity (Wildman–Crippen MR) is 138 cm³/mol. The van der Waals surface area contributed by atoms with E-state index in [1.54, 1.807) is 12.1 Å². The van der Waals surface area contributed by atoms with E-state index in [1.165, 1.54) is 5.56 Å². The van der Waals surface area contributed by atoms with Crippen LogP contribution in [0.1, 0.15) is 41.6 Å². The highest BCUT2D eigenvalue weighted by Crippen LogP contribution is 2.32. The molecule has 0 bridgehead atoms. The molecule has 1 amide bonds. The maximum atomic E-state index is 13.6. The highest BCUT2D eigenvalue weighted by Gasteiger charge is 2.37. The van der Waals surface area contributed by atoms with Crippen LogP contribution in [0.15, 0.2) is 66.7 Å². The van der Waals surface area contributed by atoms with Gasteiger partial charge in [0, 0.05) is 37.7 Å². The van der Waals surface area contributed by atoms with Crippen LogP contribution in [-0.2, 0) is 4.74 Å². The molecule has 0 radical (unpaired) electrons. The number of halogens is 1. The molecule has 0 aliphatic carbocycles. The van der Waals surface area contributed by atoms with Crippen LogP contribution in [0.25, 0.3) is 10.8 Å². The zero-order valence-electron chi connectivity index (χ0n) is 20.5. The number of amides is 1. The van der Waals surface area contributed by atoms with E-state index in [9.17, 15) is 9.18 Å². The lowest BCUT2D eigenvalue weighted by atomic mass is 9.88. The molecule has 5 heteroatoms. The summed E-state index contributed by atoms with van der Waals surface area (Å²) in [5.41, 5.74) is 2.03. The van der Waals surface area contributed by atoms with Crippen LogP contribution in [0.2, 0.25) is 0 Å². The molecule has 2 aliphatic rings. The molecule has 2 saturated heterocycles. The summed E-state index contributed by atoms with van der Waals surface area (Å²) in [7, 11) is 0. The van der Waals surface area contributed by atoms with Crippen molar-refractivity contribution in [1.82, 2.24) is 9.80 Å². The van der Waals surface area contributed by atoms with E-state index in [1.807, 2.05) is 54.3 Å². The molecule has 0 N–H and O–H groups in total. The van der Waals surface area contributed by atoms with Crippen molar-refractivity contribution in [3.05, 3.63) is 83.7 Å². The molecule has 0 aromatic heterocycles. The van der Waals surface area contributed by atoms with Gasteiger partial charge in [-0.05, 0) is 79.2 Å². The van der Waals surface area contributed by atoms with Crippen LogP contribution >= 0.6 is 0 Å². The van der Waals surface area contributed by atoms with Gasteiger partial charge in [0.05, 0.1) is 6.61 Å². The molecule has 5 rings (SSSR count). The Morgan fingerprint density at radius 2 is 1.66 bits per heavy atom. The molecule has 0 saturated carbocycles. The Balaban J connectivity index is 1.24. The highest BCUT2D eigenvalue weighted by atomic mass is 19.1. The van der Waals surface area contributed by atoms with Crippen LogP contribution in [0.4, 0.5) is 4.39 Å². The van der Waals surface area contributed by atoms with E-state index in [4.69, 9.17) is 4.74 Å². The van der Waals surface area contributed by atoms with Crippen molar-refractivity contribution in [2.24, 2.45) is 11.8 Å². The Labute approximate surface area is 207 Å². The van der Waals surface area contributed by atoms with E-state index in [0.29, 0.717) is 31.0 Å². The van der Waals surface area contributed by atoms with Crippen LogP contribution in [0, 0.1) is 17.7 Å². The summed E-state index contributed by atoms with van der Waals surface area (Å²) < 4.78 is 19.1. The quantitative estimate of drug-likeness (QED) is 0.448. The standard InChI is InChI=1S/C30H35FN2O2/c1-2-35-21-26-20-33(30(34)29-9-5-7-24-6-3-4-8-28(24)29)19-25(26)18-32-16-14-23(15-17-32)22-10-12-27(31)13-11-22/h3-13,23,25-26H,2,14-21H2,1H3/t25?,26-/m0/s1. The molecular formula is C30H35FN2O2. The number of hydrogen-bond donors (Lipinski definition) is 0. The van der Waals surface area contributed by atoms with Gasteiger partial charge in [-0.15, -0.1) is 0 Å². The average Bonchev–Trinajstić information content (AvgIpc) is 3.30. The van der Waals surface area contributed by atoms with Crippen LogP contribution < -0.4 is 0 Å². The second-order valence-electron chi connectivity index (χ2n) is 10.0. The summed E-state index contributed by atoms with van der Waals surface area (Å²) in [6, 6.07) is 21.1. The van der Waals surface area contributed by atoms with Gasteiger partial charge in [0.15, 0.2) is 0 Å². The third-order valence-electron chi connectivity index (χ3n) is 7.84. The first-order valence-corrected chi connectivity index (χ1v) is 12.9. The molecule has 184 valence electrons. The summed E-state index contributed by atoms with van der Waals surface area (Å²) in [5, 5.41) is 2.12. The van der Waals surface area contributed by atoms with Crippen LogP contribution in [0.3, 0.4) is 0 Å². The van der Waals surface area contributed by atoms with E-state index >= 15 is 0 Å². The summed E-state index contributed by atoms with van der Waals surface area (Å²) in [6.45, 7) is 8.03. The Kier molecular flexibility index (Phi) is 7.45. The molecule has 2 heterocycles. The van der Waals surface area contributed by atoms with Gasteiger partial charge in [-0.25, -0.2) is 4.39 Å². The lowest BCUT2D eigenvalue weighted by molar-refractivity contribution is 0.0760. The molecule has 2 fully saturated rings. The molecule has 2 aliphatic heterocycles. The fourth-order valence-electron chi connectivity index (χ4n) is 5.87. The molecule has 3 aromatic rings. The van der Waals surface area contributed by atoms with E-state index in [2.05, 4.69) is 17.0 Å². The van der Waals surface area contributed by atoms with Crippen molar-refractivity contribution in [2.45, 2.75) is 25.7 Å². The number of carbonyl (C=O) groups excluding carboxylic acids is 1. The van der Waals surface area contributed by atoms with Gasteiger partial charge < -0.3 is 14.5 Å². The number of carbonyl (C=O) groups is 1. The van der Waals surface area contributed by atoms with E-state index in [0.717, 1.165) is 61.9 Å². The minimum Gasteiger partial charge on any atom is -0.381 e. The third-order valence-corrected chi connectivity index (χ3v) is 7.84. The van der Waals surface area contributed by atoms with Crippen LogP contribution in [0.5, 0.6) is 0 Å². The molecule has 1 unspecified atom stereocenters. The van der Waals surface area contributed by atoms with Gasteiger partial charge in [0.2, 0.25) is 0 Å². The lowest BCUT2D eigenvalue weighted by Gasteiger charge is -2.34. The number of benzene rings is 3. The summed E-state index contributed by atoms with van der Waals surface area (Å²) in [6.07, 6.45) is 2.18. The first-order valence-electron chi connectivity index (χ1n) is 12.9. The third kappa shape index (κ3) is 5.41. The SMILES string of the molecule is CCOC[C@@H]1CN(C(=O)c2cccc3ccccc23)CC1CN1CCC(c2ccc(F)cc2)CC1. The zero-order chi connectivity index (χ0) is 24.2. The van der Waals surface area contributed by atoms with Crippen molar-refractivity contribution in [1.29, 1.82) is 0 Å². The molecule has 2 atom stereocenters. The first-order chi connectivity index (χ1) is 17.1. The van der Waals surface area contributed by atoms with Gasteiger partial charge >= 0.3 is 0 Å². The maximum Gasteiger partial charge on any atom is 0.254 e. The molecule has 0 spiro atoms. The lowest BCUT2D eigenvalue weighted by Crippen LogP contribution is -2.39. The minimum absolute atomic E-state index is 0.126. The Hall–Kier alpha value is -2.76. The summed E-state index contributed by atoms with van der Waals surface area (Å²) in [5.74, 6) is 1.21. The predicted octanol–water partition coefficient (Wildman–Crippen LogP) is 5.58. The second-order valence-corrected chi connectivity index (χ2v) is 10.0. The largest absolute Gasteiger partial charge is 0.381 e. The topological polar surface area (TPSA) is 32.8 Å². The van der Waals surface area contributed by atoms with Crippen molar-refractivity contribution in [3.8, 4) is 0 Å². The van der Waals surface area contributed by atoms with Gasteiger partial charge in [0.1, 0.15) is 5.82 Å². The Morgan fingerprint density at radius 1 is 0.943 bits per heavy atom. The second kappa shape index (κ2) is 10.9. The number of fused-ring (bicyclic) bond motifs is 1. The fraction of sp³-hybridized carbons (Fsp3) is 0.433. The molecule has 4 nitrogen and oxygen atoms in total. The van der Waals surface area contributed by atoms with Gasteiger partial charge in [0.25, 0.3) is 5.91 Å². The van der Waals surface area contributed by atoms with Gasteiger partial charge in [-0.1, -0.05) is 48.5 Å². The fourth-order valence-corrected chi connectivity index (χ4v) is 5.87. The molecule has 35 heavy (non-hydrogen) atoms. The highest BCUT2D eigenvalue weighted by molar-refractivity contribution is 6.07. The van der Waals surface area contributed by atoms with Gasteiger partial charge in [-0.2, -0.15) is 0 Å². The molecule has 3 aromatic carbocycles.